The summed E-state index contributed by atoms with van der Waals surface area (Å²) in [5.41, 5.74) is -0.562. The molecule has 0 atom stereocenters. The molecule has 2 rings (SSSR count). The highest BCUT2D eigenvalue weighted by atomic mass is 32.2. The number of nitriles is 1. The van der Waals surface area contributed by atoms with Gasteiger partial charge in [0.05, 0.1) is 30.8 Å². The number of ether oxygens (including phenoxy) is 2. The van der Waals surface area contributed by atoms with E-state index < -0.39 is 22.2 Å². The van der Waals surface area contributed by atoms with Crippen molar-refractivity contribution in [3.05, 3.63) is 57.6 Å². The minimum Gasteiger partial charge on any atom is -0.493 e. The highest BCUT2D eigenvalue weighted by Crippen LogP contribution is 2.35. The lowest BCUT2D eigenvalue weighted by molar-refractivity contribution is -0.385. The molecular weight excluding hydrogens is 420 g/mol. The highest BCUT2D eigenvalue weighted by molar-refractivity contribution is 7.99. The first-order valence-electron chi connectivity index (χ1n) is 8.17. The van der Waals surface area contributed by atoms with E-state index in [0.29, 0.717) is 16.7 Å². The van der Waals surface area contributed by atoms with Gasteiger partial charge in [-0.25, -0.2) is 0 Å². The maximum Gasteiger partial charge on any atom is 0.288 e. The molecule has 0 aliphatic carbocycles. The monoisotopic (exact) mass is 435 g/mol. The number of carbonyl (C=O) groups is 1. The summed E-state index contributed by atoms with van der Waals surface area (Å²) >= 11 is 0.354. The molecule has 0 radical (unpaired) electrons. The van der Waals surface area contributed by atoms with Crippen LogP contribution in [0.15, 0.2) is 46.9 Å². The van der Waals surface area contributed by atoms with Crippen molar-refractivity contribution in [1.29, 1.82) is 5.26 Å². The molecule has 11 heteroatoms. The van der Waals surface area contributed by atoms with Crippen LogP contribution in [-0.4, -0.2) is 30.8 Å². The summed E-state index contributed by atoms with van der Waals surface area (Å²) in [5.74, 6) is -3.10. The van der Waals surface area contributed by atoms with E-state index in [4.69, 9.17) is 9.47 Å². The summed E-state index contributed by atoms with van der Waals surface area (Å²) < 4.78 is 34.9. The van der Waals surface area contributed by atoms with Gasteiger partial charge in [0.15, 0.2) is 11.5 Å². The summed E-state index contributed by atoms with van der Waals surface area (Å²) in [6, 6.07) is 9.67. The van der Waals surface area contributed by atoms with Crippen molar-refractivity contribution in [2.45, 2.75) is 10.7 Å². The van der Waals surface area contributed by atoms with Gasteiger partial charge < -0.3 is 14.8 Å². The average Bonchev–Trinajstić information content (AvgIpc) is 2.72. The maximum atomic E-state index is 12.4. The quantitative estimate of drug-likeness (QED) is 0.214. The number of nitro groups is 1. The van der Waals surface area contributed by atoms with Gasteiger partial charge >= 0.3 is 0 Å². The Balaban J connectivity index is 2.33. The van der Waals surface area contributed by atoms with E-state index in [0.717, 1.165) is 12.1 Å². The molecule has 0 fully saturated rings. The highest BCUT2D eigenvalue weighted by Gasteiger charge is 2.20. The van der Waals surface area contributed by atoms with Crippen LogP contribution < -0.4 is 14.8 Å². The third-order valence-corrected chi connectivity index (χ3v) is 4.45. The van der Waals surface area contributed by atoms with Gasteiger partial charge in [-0.05, 0) is 36.4 Å². The maximum absolute atomic E-state index is 12.4. The van der Waals surface area contributed by atoms with Crippen molar-refractivity contribution in [2.24, 2.45) is 0 Å². The second-order valence-electron chi connectivity index (χ2n) is 5.55. The van der Waals surface area contributed by atoms with Crippen LogP contribution in [0.25, 0.3) is 6.08 Å². The second kappa shape index (κ2) is 10.2. The first-order valence-corrected chi connectivity index (χ1v) is 9.05. The number of hydrogen-bond acceptors (Lipinski definition) is 7. The van der Waals surface area contributed by atoms with Gasteiger partial charge in [0.25, 0.3) is 17.4 Å². The zero-order valence-corrected chi connectivity index (χ0v) is 16.5. The molecule has 0 aliphatic heterocycles. The summed E-state index contributed by atoms with van der Waals surface area (Å²) in [5, 5.41) is 23.2. The van der Waals surface area contributed by atoms with E-state index >= 15 is 0 Å². The number of halogens is 2. The molecule has 0 saturated heterocycles. The Hall–Kier alpha value is -3.65. The molecule has 0 saturated carbocycles. The van der Waals surface area contributed by atoms with Crippen molar-refractivity contribution in [3.63, 3.8) is 0 Å². The number of nitro benzene ring substituents is 1. The standard InChI is InChI=1S/C19H15F2N3O5S/c1-28-16-8-11(15(24(26)27)9-17(16)29-2)7-12(10-22)18(25)23-13-3-5-14(6-4-13)30-19(20)21/h3-9,19H,1-2H3,(H,23,25). The van der Waals surface area contributed by atoms with Crippen LogP contribution >= 0.6 is 11.8 Å². The fraction of sp³-hybridized carbons (Fsp3) is 0.158. The van der Waals surface area contributed by atoms with Crippen LogP contribution in [0.1, 0.15) is 5.56 Å². The Morgan fingerprint density at radius 3 is 2.33 bits per heavy atom. The van der Waals surface area contributed by atoms with E-state index in [-0.39, 0.29) is 28.4 Å². The number of alkyl halides is 2. The lowest BCUT2D eigenvalue weighted by atomic mass is 10.1. The lowest BCUT2D eigenvalue weighted by Crippen LogP contribution is -2.13. The fourth-order valence-electron chi connectivity index (χ4n) is 2.38. The van der Waals surface area contributed by atoms with E-state index in [2.05, 4.69) is 5.32 Å². The van der Waals surface area contributed by atoms with E-state index in [1.807, 2.05) is 0 Å². The molecule has 30 heavy (non-hydrogen) atoms. The number of nitrogens with one attached hydrogen (secondary N) is 1. The molecule has 0 spiro atoms. The van der Waals surface area contributed by atoms with Crippen LogP contribution in [0.2, 0.25) is 0 Å². The normalized spacial score (nSPS) is 11.0. The molecule has 2 aromatic carbocycles. The van der Waals surface area contributed by atoms with Gasteiger partial charge in [-0.2, -0.15) is 14.0 Å². The number of nitrogens with zero attached hydrogens (tertiary/aromatic N) is 2. The number of hydrogen-bond donors (Lipinski definition) is 1. The minimum atomic E-state index is -2.57. The number of benzene rings is 2. The van der Waals surface area contributed by atoms with Crippen LogP contribution in [-0.2, 0) is 4.79 Å². The minimum absolute atomic E-state index is 0.0342. The molecule has 1 N–H and O–H groups in total. The van der Waals surface area contributed by atoms with Crippen molar-refractivity contribution in [3.8, 4) is 17.6 Å². The van der Waals surface area contributed by atoms with E-state index in [1.165, 1.54) is 44.6 Å². The van der Waals surface area contributed by atoms with Crippen molar-refractivity contribution < 1.29 is 28.0 Å². The Kier molecular flexibility index (Phi) is 7.71. The fourth-order valence-corrected chi connectivity index (χ4v) is 2.88. The Bertz CT molecular complexity index is 1020. The Labute approximate surface area is 174 Å². The Morgan fingerprint density at radius 1 is 1.23 bits per heavy atom. The number of amides is 1. The number of thioether (sulfide) groups is 1. The third-order valence-electron chi connectivity index (χ3n) is 3.73. The first-order chi connectivity index (χ1) is 14.3. The van der Waals surface area contributed by atoms with E-state index in [1.54, 1.807) is 6.07 Å². The molecule has 0 heterocycles. The van der Waals surface area contributed by atoms with Crippen molar-refractivity contribution >= 4 is 35.1 Å². The van der Waals surface area contributed by atoms with E-state index in [9.17, 15) is 29.0 Å². The van der Waals surface area contributed by atoms with Gasteiger partial charge in [0.2, 0.25) is 0 Å². The SMILES string of the molecule is COc1cc(C=C(C#N)C(=O)Nc2ccc(SC(F)F)cc2)c([N+](=O)[O-])cc1OC. The average molecular weight is 435 g/mol. The molecule has 156 valence electrons. The molecule has 8 nitrogen and oxygen atoms in total. The number of carbonyl (C=O) groups excluding carboxylic acids is 1. The predicted octanol–water partition coefficient (Wildman–Crippen LogP) is 4.47. The Morgan fingerprint density at radius 2 is 1.83 bits per heavy atom. The third kappa shape index (κ3) is 5.68. The molecule has 0 aromatic heterocycles. The largest absolute Gasteiger partial charge is 0.493 e. The first kappa shape index (κ1) is 22.6. The number of anilines is 1. The number of rotatable bonds is 8. The van der Waals surface area contributed by atoms with Crippen LogP contribution in [0, 0.1) is 21.4 Å². The van der Waals surface area contributed by atoms with Crippen LogP contribution in [0.3, 0.4) is 0 Å². The summed E-state index contributed by atoms with van der Waals surface area (Å²) in [6.45, 7) is 0. The van der Waals surface area contributed by atoms with Crippen molar-refractivity contribution in [2.75, 3.05) is 19.5 Å². The predicted molar refractivity (Wildman–Crippen MR) is 107 cm³/mol. The van der Waals surface area contributed by atoms with Crippen molar-refractivity contribution in [1.82, 2.24) is 0 Å². The zero-order chi connectivity index (χ0) is 22.3. The zero-order valence-electron chi connectivity index (χ0n) is 15.7. The molecule has 1 amide bonds. The molecule has 0 bridgehead atoms. The van der Waals surface area contributed by atoms with Crippen LogP contribution in [0.5, 0.6) is 11.5 Å². The van der Waals surface area contributed by atoms with Gasteiger partial charge in [0, 0.05) is 10.6 Å². The lowest BCUT2D eigenvalue weighted by Gasteiger charge is -2.09. The summed E-state index contributed by atoms with van der Waals surface area (Å²) in [4.78, 5) is 23.4. The molecular formula is C19H15F2N3O5S. The van der Waals surface area contributed by atoms with Gasteiger partial charge in [0.1, 0.15) is 11.6 Å². The van der Waals surface area contributed by atoms with Gasteiger partial charge in [-0.1, -0.05) is 11.8 Å². The topological polar surface area (TPSA) is 114 Å². The van der Waals surface area contributed by atoms with Crippen LogP contribution in [0.4, 0.5) is 20.2 Å². The van der Waals surface area contributed by atoms with Gasteiger partial charge in [-0.15, -0.1) is 0 Å². The summed E-state index contributed by atoms with van der Waals surface area (Å²) in [6.07, 6.45) is 1.05. The molecule has 2 aromatic rings. The van der Waals surface area contributed by atoms with Gasteiger partial charge in [-0.3, -0.25) is 14.9 Å². The molecule has 0 aliphatic rings. The molecule has 0 unspecified atom stereocenters. The second-order valence-corrected chi connectivity index (χ2v) is 6.61. The smallest absolute Gasteiger partial charge is 0.288 e. The summed E-state index contributed by atoms with van der Waals surface area (Å²) in [7, 11) is 2.65. The number of methoxy groups -OCH3 is 2.